The number of aromatic nitrogens is 5. The van der Waals surface area contributed by atoms with Crippen molar-refractivity contribution < 1.29 is 8.42 Å². The minimum Gasteiger partial charge on any atom is -0.280 e. The average molecular weight is 471 g/mol. The minimum absolute atomic E-state index is 0.310. The van der Waals surface area contributed by atoms with Gasteiger partial charge in [-0.25, -0.2) is 8.42 Å². The smallest absolute Gasteiger partial charge is 0.262 e. The third kappa shape index (κ3) is 4.01. The molecule has 0 radical (unpaired) electrons. The summed E-state index contributed by atoms with van der Waals surface area (Å²) in [5, 5.41) is 13.1. The Morgan fingerprint density at radius 2 is 1.59 bits per heavy atom. The van der Waals surface area contributed by atoms with E-state index < -0.39 is 10.0 Å². The van der Waals surface area contributed by atoms with E-state index in [0.717, 1.165) is 27.8 Å². The fraction of sp³-hybridized carbons (Fsp3) is 0.120. The van der Waals surface area contributed by atoms with Crippen molar-refractivity contribution in [3.05, 3.63) is 89.7 Å². The van der Waals surface area contributed by atoms with Crippen molar-refractivity contribution in [3.63, 3.8) is 0 Å². The summed E-state index contributed by atoms with van der Waals surface area (Å²) in [5.74, 6) is 0.596. The highest BCUT2D eigenvalue weighted by Crippen LogP contribution is 2.26. The lowest BCUT2D eigenvalue weighted by Crippen LogP contribution is -2.15. The highest BCUT2D eigenvalue weighted by molar-refractivity contribution is 7.92. The van der Waals surface area contributed by atoms with Gasteiger partial charge in [-0.2, -0.15) is 9.61 Å². The number of benzene rings is 2. The quantitative estimate of drug-likeness (QED) is 0.403. The highest BCUT2D eigenvalue weighted by atomic mass is 32.2. The maximum atomic E-state index is 13.1. The molecule has 170 valence electrons. The van der Waals surface area contributed by atoms with Gasteiger partial charge in [0.25, 0.3) is 10.0 Å². The monoisotopic (exact) mass is 470 g/mol. The largest absolute Gasteiger partial charge is 0.280 e. The number of nitrogens with one attached hydrogen (secondary N) is 1. The molecule has 0 fully saturated rings. The lowest BCUT2D eigenvalue weighted by molar-refractivity contribution is 0.600. The summed E-state index contributed by atoms with van der Waals surface area (Å²) in [6, 6.07) is 18.3. The summed E-state index contributed by atoms with van der Waals surface area (Å²) in [6.07, 6.45) is 3.41. The fourth-order valence-electron chi connectivity index (χ4n) is 4.12. The van der Waals surface area contributed by atoms with E-state index >= 15 is 0 Å². The van der Waals surface area contributed by atoms with Gasteiger partial charge in [-0.05, 0) is 68.3 Å². The number of anilines is 1. The van der Waals surface area contributed by atoms with Crippen LogP contribution in [0.1, 0.15) is 16.7 Å². The third-order valence-corrected chi connectivity index (χ3v) is 7.17. The number of rotatable bonds is 5. The molecule has 34 heavy (non-hydrogen) atoms. The SMILES string of the molecule is Cc1cc(C)c(S(=O)(=O)Nc2ccc(-c3ccc4nnc(-c5cccnc5)n4n3)cc2)c(C)c1. The summed E-state index contributed by atoms with van der Waals surface area (Å²) >= 11 is 0. The minimum atomic E-state index is -3.72. The molecule has 0 atom stereocenters. The molecule has 5 aromatic rings. The van der Waals surface area contributed by atoms with E-state index in [-0.39, 0.29) is 0 Å². The van der Waals surface area contributed by atoms with Crippen LogP contribution in [0.4, 0.5) is 5.69 Å². The molecule has 0 aliphatic rings. The van der Waals surface area contributed by atoms with Gasteiger partial charge >= 0.3 is 0 Å². The van der Waals surface area contributed by atoms with Crippen LogP contribution in [0.15, 0.2) is 78.0 Å². The van der Waals surface area contributed by atoms with Gasteiger partial charge in [0.15, 0.2) is 11.5 Å². The van der Waals surface area contributed by atoms with E-state index in [2.05, 4.69) is 19.9 Å². The van der Waals surface area contributed by atoms with Gasteiger partial charge in [-0.3, -0.25) is 9.71 Å². The second kappa shape index (κ2) is 8.35. The zero-order valence-electron chi connectivity index (χ0n) is 18.9. The molecule has 5 rings (SSSR count). The molecule has 0 unspecified atom stereocenters. The van der Waals surface area contributed by atoms with Gasteiger partial charge in [-0.15, -0.1) is 10.2 Å². The first-order valence-electron chi connectivity index (χ1n) is 10.7. The number of sulfonamides is 1. The molecular weight excluding hydrogens is 448 g/mol. The molecule has 3 aromatic heterocycles. The van der Waals surface area contributed by atoms with Crippen LogP contribution in [0.5, 0.6) is 0 Å². The number of nitrogens with zero attached hydrogens (tertiary/aromatic N) is 5. The van der Waals surface area contributed by atoms with E-state index in [1.165, 1.54) is 0 Å². The van der Waals surface area contributed by atoms with Gasteiger partial charge < -0.3 is 0 Å². The van der Waals surface area contributed by atoms with Crippen LogP contribution < -0.4 is 4.72 Å². The fourth-order valence-corrected chi connectivity index (χ4v) is 5.64. The first-order chi connectivity index (χ1) is 16.3. The predicted octanol–water partition coefficient (Wildman–Crippen LogP) is 4.58. The van der Waals surface area contributed by atoms with Crippen molar-refractivity contribution in [1.82, 2.24) is 24.8 Å². The van der Waals surface area contributed by atoms with Crippen LogP contribution in [0.2, 0.25) is 0 Å². The Bertz CT molecular complexity index is 1590. The van der Waals surface area contributed by atoms with Crippen molar-refractivity contribution in [3.8, 4) is 22.6 Å². The summed E-state index contributed by atoms with van der Waals surface area (Å²) < 4.78 is 30.5. The Morgan fingerprint density at radius 3 is 2.26 bits per heavy atom. The number of hydrogen-bond donors (Lipinski definition) is 1. The van der Waals surface area contributed by atoms with Gasteiger partial charge in [0.1, 0.15) is 0 Å². The molecule has 3 heterocycles. The van der Waals surface area contributed by atoms with Crippen molar-refractivity contribution in [2.24, 2.45) is 0 Å². The van der Waals surface area contributed by atoms with E-state index in [1.807, 2.05) is 69.3 Å². The van der Waals surface area contributed by atoms with Gasteiger partial charge in [0.05, 0.1) is 10.6 Å². The number of hydrogen-bond acceptors (Lipinski definition) is 6. The Balaban J connectivity index is 1.45. The van der Waals surface area contributed by atoms with Crippen molar-refractivity contribution in [2.75, 3.05) is 4.72 Å². The second-order valence-electron chi connectivity index (χ2n) is 8.16. The summed E-state index contributed by atoms with van der Waals surface area (Å²) in [4.78, 5) is 4.45. The average Bonchev–Trinajstić information content (AvgIpc) is 3.22. The third-order valence-electron chi connectivity index (χ3n) is 5.49. The second-order valence-corrected chi connectivity index (χ2v) is 9.78. The zero-order chi connectivity index (χ0) is 23.9. The van der Waals surface area contributed by atoms with Crippen molar-refractivity contribution in [1.29, 1.82) is 0 Å². The standard InChI is InChI=1S/C25H22N6O2S/c1-16-13-17(2)24(18(3)14-16)34(32,33)30-21-8-6-19(7-9-21)22-10-11-23-27-28-25(31(23)29-22)20-5-4-12-26-15-20/h4-15,30H,1-3H3. The number of aryl methyl sites for hydroxylation is 3. The molecular formula is C25H22N6O2S. The highest BCUT2D eigenvalue weighted by Gasteiger charge is 2.20. The van der Waals surface area contributed by atoms with Crippen molar-refractivity contribution in [2.45, 2.75) is 25.7 Å². The first-order valence-corrected chi connectivity index (χ1v) is 12.1. The van der Waals surface area contributed by atoms with E-state index in [9.17, 15) is 8.42 Å². The predicted molar refractivity (Wildman–Crippen MR) is 131 cm³/mol. The Hall–Kier alpha value is -4.11. The Morgan fingerprint density at radius 1 is 0.853 bits per heavy atom. The van der Waals surface area contributed by atoms with E-state index in [0.29, 0.717) is 27.7 Å². The maximum Gasteiger partial charge on any atom is 0.262 e. The number of pyridine rings is 1. The van der Waals surface area contributed by atoms with Crippen LogP contribution >= 0.6 is 0 Å². The van der Waals surface area contributed by atoms with Gasteiger partial charge in [0.2, 0.25) is 0 Å². The lowest BCUT2D eigenvalue weighted by Gasteiger charge is -2.14. The summed E-state index contributed by atoms with van der Waals surface area (Å²) in [5.41, 5.74) is 5.92. The molecule has 9 heteroatoms. The van der Waals surface area contributed by atoms with Crippen LogP contribution in [0, 0.1) is 20.8 Å². The molecule has 8 nitrogen and oxygen atoms in total. The summed E-state index contributed by atoms with van der Waals surface area (Å²) in [7, 11) is -3.72. The lowest BCUT2D eigenvalue weighted by atomic mass is 10.1. The van der Waals surface area contributed by atoms with E-state index in [4.69, 9.17) is 5.10 Å². The molecule has 0 aliphatic carbocycles. The van der Waals surface area contributed by atoms with Gasteiger partial charge in [0, 0.05) is 29.2 Å². The van der Waals surface area contributed by atoms with Crippen LogP contribution in [-0.4, -0.2) is 33.2 Å². The molecule has 0 aliphatic heterocycles. The molecule has 0 spiro atoms. The van der Waals surface area contributed by atoms with Gasteiger partial charge in [-0.1, -0.05) is 29.8 Å². The molecule has 0 saturated heterocycles. The first kappa shape index (κ1) is 21.7. The molecule has 0 saturated carbocycles. The Kier molecular flexibility index (Phi) is 5.33. The maximum absolute atomic E-state index is 13.1. The molecule has 1 N–H and O–H groups in total. The molecule has 2 aromatic carbocycles. The molecule has 0 bridgehead atoms. The van der Waals surface area contributed by atoms with Crippen LogP contribution in [0.25, 0.3) is 28.3 Å². The molecule has 0 amide bonds. The Labute approximate surface area is 197 Å². The topological polar surface area (TPSA) is 102 Å². The summed E-state index contributed by atoms with van der Waals surface area (Å²) in [6.45, 7) is 5.57. The normalized spacial score (nSPS) is 11.6. The van der Waals surface area contributed by atoms with Crippen LogP contribution in [-0.2, 0) is 10.0 Å². The number of fused-ring (bicyclic) bond motifs is 1. The van der Waals surface area contributed by atoms with E-state index in [1.54, 1.807) is 29.0 Å². The van der Waals surface area contributed by atoms with Crippen molar-refractivity contribution >= 4 is 21.4 Å². The van der Waals surface area contributed by atoms with Crippen LogP contribution in [0.3, 0.4) is 0 Å². The zero-order valence-corrected chi connectivity index (χ0v) is 19.7.